The quantitative estimate of drug-likeness (QED) is 0.753. The summed E-state index contributed by atoms with van der Waals surface area (Å²) >= 11 is 0. The van der Waals surface area contributed by atoms with Gasteiger partial charge in [0.05, 0.1) is 18.4 Å². The molecule has 4 N–H and O–H groups in total. The summed E-state index contributed by atoms with van der Waals surface area (Å²) < 4.78 is 18.5. The number of rotatable bonds is 3. The monoisotopic (exact) mass is 276 g/mol. The van der Waals surface area contributed by atoms with Gasteiger partial charge in [-0.1, -0.05) is 12.1 Å². The van der Waals surface area contributed by atoms with Gasteiger partial charge in [-0.25, -0.2) is 9.18 Å². The van der Waals surface area contributed by atoms with Crippen molar-refractivity contribution < 1.29 is 19.0 Å². The Morgan fingerprint density at radius 2 is 2.10 bits per heavy atom. The number of nitrogens with one attached hydrogen (secondary N) is 1. The number of hydrogen-bond donors (Lipinski definition) is 3. The number of hydrogen-bond acceptors (Lipinski definition) is 3. The summed E-state index contributed by atoms with van der Waals surface area (Å²) in [5, 5.41) is 12.5. The van der Waals surface area contributed by atoms with Crippen LogP contribution in [0.3, 0.4) is 0 Å². The van der Waals surface area contributed by atoms with E-state index in [0.29, 0.717) is 11.3 Å². The van der Waals surface area contributed by atoms with E-state index in [2.05, 4.69) is 5.32 Å². The minimum absolute atomic E-state index is 0.123. The molecule has 0 spiro atoms. The van der Waals surface area contributed by atoms with Crippen LogP contribution in [-0.4, -0.2) is 18.2 Å². The summed E-state index contributed by atoms with van der Waals surface area (Å²) in [7, 11) is 1.43. The normalized spacial score (nSPS) is 10.1. The fourth-order valence-corrected chi connectivity index (χ4v) is 1.90. The van der Waals surface area contributed by atoms with Gasteiger partial charge in [0.1, 0.15) is 11.6 Å². The standard InChI is InChI=1S/C14H13FN2O3/c1-20-11-6-5-10(17-14(16)19)13(18)12(11)8-3-2-4-9(15)7-8/h2-7,18H,1H3,(H3,16,17,19). The second-order valence-corrected chi connectivity index (χ2v) is 4.04. The van der Waals surface area contributed by atoms with E-state index in [1.165, 1.54) is 31.4 Å². The van der Waals surface area contributed by atoms with Gasteiger partial charge in [0.25, 0.3) is 0 Å². The largest absolute Gasteiger partial charge is 0.505 e. The third kappa shape index (κ3) is 2.64. The van der Waals surface area contributed by atoms with Crippen molar-refractivity contribution in [2.24, 2.45) is 5.73 Å². The Hall–Kier alpha value is -2.76. The average Bonchev–Trinajstić information content (AvgIpc) is 2.40. The van der Waals surface area contributed by atoms with Crippen LogP contribution in [0.1, 0.15) is 0 Å². The lowest BCUT2D eigenvalue weighted by molar-refractivity contribution is 0.259. The summed E-state index contributed by atoms with van der Waals surface area (Å²) in [5.41, 5.74) is 5.85. The molecule has 0 aliphatic carbocycles. The van der Waals surface area contributed by atoms with E-state index in [1.807, 2.05) is 0 Å². The highest BCUT2D eigenvalue weighted by Gasteiger charge is 2.16. The Morgan fingerprint density at radius 3 is 2.70 bits per heavy atom. The molecule has 20 heavy (non-hydrogen) atoms. The van der Waals surface area contributed by atoms with Gasteiger partial charge in [-0.3, -0.25) is 0 Å². The highest BCUT2D eigenvalue weighted by atomic mass is 19.1. The van der Waals surface area contributed by atoms with Crippen LogP contribution in [0, 0.1) is 5.82 Å². The minimum Gasteiger partial charge on any atom is -0.505 e. The minimum atomic E-state index is -0.810. The first-order valence-electron chi connectivity index (χ1n) is 5.75. The van der Waals surface area contributed by atoms with E-state index >= 15 is 0 Å². The van der Waals surface area contributed by atoms with Crippen LogP contribution in [0.5, 0.6) is 11.5 Å². The molecule has 2 aromatic carbocycles. The van der Waals surface area contributed by atoms with Gasteiger partial charge in [0.15, 0.2) is 5.75 Å². The second-order valence-electron chi connectivity index (χ2n) is 4.04. The number of halogens is 1. The van der Waals surface area contributed by atoms with Crippen molar-refractivity contribution in [3.63, 3.8) is 0 Å². The first kappa shape index (κ1) is 13.7. The fourth-order valence-electron chi connectivity index (χ4n) is 1.90. The van der Waals surface area contributed by atoms with E-state index in [0.717, 1.165) is 0 Å². The number of urea groups is 1. The Bertz CT molecular complexity index is 659. The Kier molecular flexibility index (Phi) is 3.74. The molecule has 0 saturated carbocycles. The molecule has 5 nitrogen and oxygen atoms in total. The first-order valence-corrected chi connectivity index (χ1v) is 5.75. The van der Waals surface area contributed by atoms with Gasteiger partial charge in [0, 0.05) is 0 Å². The summed E-state index contributed by atoms with van der Waals surface area (Å²) in [5.74, 6) is -0.339. The number of phenols is 1. The van der Waals surface area contributed by atoms with Crippen molar-refractivity contribution in [2.45, 2.75) is 0 Å². The van der Waals surface area contributed by atoms with Gasteiger partial charge in [-0.15, -0.1) is 0 Å². The number of ether oxygens (including phenoxy) is 1. The molecule has 2 amide bonds. The van der Waals surface area contributed by atoms with Crippen molar-refractivity contribution in [1.29, 1.82) is 0 Å². The van der Waals surface area contributed by atoms with E-state index in [4.69, 9.17) is 10.5 Å². The zero-order valence-corrected chi connectivity index (χ0v) is 10.7. The Balaban J connectivity index is 2.62. The van der Waals surface area contributed by atoms with E-state index < -0.39 is 11.8 Å². The molecule has 2 rings (SSSR count). The molecule has 0 fully saturated rings. The molecule has 0 aliphatic heterocycles. The zero-order chi connectivity index (χ0) is 14.7. The van der Waals surface area contributed by atoms with Crippen molar-refractivity contribution in [2.75, 3.05) is 12.4 Å². The average molecular weight is 276 g/mol. The molecular formula is C14H13FN2O3. The predicted octanol–water partition coefficient (Wildman–Crippen LogP) is 2.70. The maximum atomic E-state index is 13.3. The zero-order valence-electron chi connectivity index (χ0n) is 10.7. The molecule has 0 bridgehead atoms. The van der Waals surface area contributed by atoms with E-state index in [9.17, 15) is 14.3 Å². The van der Waals surface area contributed by atoms with Gasteiger partial charge in [-0.2, -0.15) is 0 Å². The van der Waals surface area contributed by atoms with Crippen molar-refractivity contribution >= 4 is 11.7 Å². The lowest BCUT2D eigenvalue weighted by atomic mass is 10.0. The number of amides is 2. The number of aromatic hydroxyl groups is 1. The summed E-state index contributed by atoms with van der Waals surface area (Å²) in [6.45, 7) is 0. The lowest BCUT2D eigenvalue weighted by Crippen LogP contribution is -2.19. The lowest BCUT2D eigenvalue weighted by Gasteiger charge is -2.14. The topological polar surface area (TPSA) is 84.6 Å². The van der Waals surface area contributed by atoms with E-state index in [-0.39, 0.29) is 17.0 Å². The number of carbonyl (C=O) groups is 1. The Labute approximate surface area is 114 Å². The van der Waals surface area contributed by atoms with Crippen LogP contribution in [0.15, 0.2) is 36.4 Å². The number of phenolic OH excluding ortho intramolecular Hbond substituents is 1. The van der Waals surface area contributed by atoms with Crippen LogP contribution in [0.4, 0.5) is 14.9 Å². The number of methoxy groups -OCH3 is 1. The predicted molar refractivity (Wildman–Crippen MR) is 73.3 cm³/mol. The van der Waals surface area contributed by atoms with Gasteiger partial charge < -0.3 is 20.9 Å². The number of primary amides is 1. The molecule has 0 aliphatic rings. The highest BCUT2D eigenvalue weighted by Crippen LogP contribution is 2.42. The number of benzene rings is 2. The molecule has 104 valence electrons. The smallest absolute Gasteiger partial charge is 0.316 e. The van der Waals surface area contributed by atoms with Crippen LogP contribution >= 0.6 is 0 Å². The molecule has 0 radical (unpaired) electrons. The summed E-state index contributed by atoms with van der Waals surface area (Å²) in [6, 6.07) is 7.86. The maximum Gasteiger partial charge on any atom is 0.316 e. The fraction of sp³-hybridized carbons (Fsp3) is 0.0714. The Morgan fingerprint density at radius 1 is 1.35 bits per heavy atom. The second kappa shape index (κ2) is 5.48. The van der Waals surface area contributed by atoms with Crippen LogP contribution < -0.4 is 15.8 Å². The molecule has 0 saturated heterocycles. The third-order valence-electron chi connectivity index (χ3n) is 2.73. The molecule has 0 heterocycles. The van der Waals surface area contributed by atoms with Gasteiger partial charge >= 0.3 is 6.03 Å². The third-order valence-corrected chi connectivity index (χ3v) is 2.73. The van der Waals surface area contributed by atoms with Crippen molar-refractivity contribution in [3.8, 4) is 22.6 Å². The van der Waals surface area contributed by atoms with Gasteiger partial charge in [-0.05, 0) is 29.8 Å². The van der Waals surface area contributed by atoms with E-state index in [1.54, 1.807) is 12.1 Å². The summed E-state index contributed by atoms with van der Waals surface area (Å²) in [6.07, 6.45) is 0. The number of anilines is 1. The van der Waals surface area contributed by atoms with Crippen molar-refractivity contribution in [3.05, 3.63) is 42.2 Å². The van der Waals surface area contributed by atoms with Crippen LogP contribution in [0.25, 0.3) is 11.1 Å². The van der Waals surface area contributed by atoms with Gasteiger partial charge in [0.2, 0.25) is 0 Å². The maximum absolute atomic E-state index is 13.3. The summed E-state index contributed by atoms with van der Waals surface area (Å²) in [4.78, 5) is 10.9. The number of carbonyl (C=O) groups excluding carboxylic acids is 1. The number of nitrogens with two attached hydrogens (primary N) is 1. The molecule has 0 aromatic heterocycles. The van der Waals surface area contributed by atoms with Crippen LogP contribution in [-0.2, 0) is 0 Å². The molecule has 0 unspecified atom stereocenters. The molecule has 0 atom stereocenters. The SMILES string of the molecule is COc1ccc(NC(N)=O)c(O)c1-c1cccc(F)c1. The first-order chi connectivity index (χ1) is 9.52. The molecule has 6 heteroatoms. The van der Waals surface area contributed by atoms with Crippen LogP contribution in [0.2, 0.25) is 0 Å². The highest BCUT2D eigenvalue weighted by molar-refractivity contribution is 5.93. The van der Waals surface area contributed by atoms with Crippen molar-refractivity contribution in [1.82, 2.24) is 0 Å². The molecular weight excluding hydrogens is 263 g/mol. The molecule has 2 aromatic rings.